The lowest BCUT2D eigenvalue weighted by atomic mass is 10.0. The maximum Gasteiger partial charge on any atom is 0.0915 e. The first-order chi connectivity index (χ1) is 6.27. The van der Waals surface area contributed by atoms with Crippen LogP contribution in [0.25, 0.3) is 5.57 Å². The van der Waals surface area contributed by atoms with E-state index in [4.69, 9.17) is 16.9 Å². The molecule has 0 N–H and O–H groups in total. The molecule has 0 heterocycles. The van der Waals surface area contributed by atoms with Crippen LogP contribution in [0.1, 0.15) is 18.9 Å². The van der Waals surface area contributed by atoms with E-state index in [2.05, 4.69) is 0 Å². The van der Waals surface area contributed by atoms with Crippen LogP contribution in [0.5, 0.6) is 0 Å². The minimum Gasteiger partial charge on any atom is -0.193 e. The average Bonchev–Trinajstić information content (AvgIpc) is 2.14. The van der Waals surface area contributed by atoms with Crippen molar-refractivity contribution in [2.24, 2.45) is 0 Å². The second-order valence-corrected chi connectivity index (χ2v) is 3.10. The average molecular weight is 192 g/mol. The third-order valence-electron chi connectivity index (χ3n) is 1.82. The van der Waals surface area contributed by atoms with E-state index < -0.39 is 0 Å². The number of nitriles is 1. The quantitative estimate of drug-likeness (QED) is 0.655. The fourth-order valence-corrected chi connectivity index (χ4v) is 1.35. The van der Waals surface area contributed by atoms with Gasteiger partial charge in [0.25, 0.3) is 0 Å². The number of rotatable bonds is 2. The normalized spacial score (nSPS) is 11.0. The lowest BCUT2D eigenvalue weighted by Gasteiger charge is -2.02. The van der Waals surface area contributed by atoms with Gasteiger partial charge in [0, 0.05) is 11.1 Å². The molecule has 1 nitrogen and oxygen atoms in total. The summed E-state index contributed by atoms with van der Waals surface area (Å²) in [6.45, 7) is 2.02. The Morgan fingerprint density at radius 1 is 1.62 bits per heavy atom. The summed E-state index contributed by atoms with van der Waals surface area (Å²) in [5.74, 6) is 0. The summed E-state index contributed by atoms with van der Waals surface area (Å²) < 4.78 is 0. The minimum atomic E-state index is 0.704. The molecule has 1 rings (SSSR count). The summed E-state index contributed by atoms with van der Waals surface area (Å²) in [5.41, 5.74) is 2.04. The molecule has 0 atom stereocenters. The molecule has 0 unspecified atom stereocenters. The van der Waals surface area contributed by atoms with Crippen molar-refractivity contribution in [1.82, 2.24) is 0 Å². The number of hydrogen-bond donors (Lipinski definition) is 0. The van der Waals surface area contributed by atoms with Gasteiger partial charge in [-0.2, -0.15) is 5.26 Å². The molecule has 1 aromatic carbocycles. The molecule has 0 spiro atoms. The van der Waals surface area contributed by atoms with Gasteiger partial charge in [-0.1, -0.05) is 30.7 Å². The molecule has 0 saturated carbocycles. The second kappa shape index (κ2) is 4.69. The largest absolute Gasteiger partial charge is 0.193 e. The topological polar surface area (TPSA) is 23.8 Å². The number of nitrogens with zero attached hydrogens (tertiary/aromatic N) is 1. The Bertz CT molecular complexity index is 361. The first kappa shape index (κ1) is 9.83. The van der Waals surface area contributed by atoms with Crippen molar-refractivity contribution in [3.05, 3.63) is 40.9 Å². The molecule has 0 bridgehead atoms. The van der Waals surface area contributed by atoms with Crippen LogP contribution in [-0.2, 0) is 0 Å². The summed E-state index contributed by atoms with van der Waals surface area (Å²) in [5, 5.41) is 9.24. The van der Waals surface area contributed by atoms with Crippen molar-refractivity contribution in [3.63, 3.8) is 0 Å². The molecule has 1 aromatic rings. The van der Waals surface area contributed by atoms with Crippen LogP contribution in [0.15, 0.2) is 30.3 Å². The van der Waals surface area contributed by atoms with Gasteiger partial charge in [-0.3, -0.25) is 0 Å². The molecule has 0 aliphatic carbocycles. The van der Waals surface area contributed by atoms with Gasteiger partial charge in [0.05, 0.1) is 6.07 Å². The van der Waals surface area contributed by atoms with E-state index >= 15 is 0 Å². The van der Waals surface area contributed by atoms with Gasteiger partial charge in [0.15, 0.2) is 0 Å². The fraction of sp³-hybridized carbons (Fsp3) is 0.182. The van der Waals surface area contributed by atoms with E-state index in [1.807, 2.05) is 37.3 Å². The molecule has 0 fully saturated rings. The summed E-state index contributed by atoms with van der Waals surface area (Å²) in [4.78, 5) is 0. The highest BCUT2D eigenvalue weighted by atomic mass is 35.5. The highest BCUT2D eigenvalue weighted by Crippen LogP contribution is 2.20. The molecule has 13 heavy (non-hydrogen) atoms. The number of allylic oxidation sites excluding steroid dienone is 2. The van der Waals surface area contributed by atoms with Crippen LogP contribution in [0, 0.1) is 11.3 Å². The van der Waals surface area contributed by atoms with Gasteiger partial charge in [-0.15, -0.1) is 0 Å². The number of benzene rings is 1. The highest BCUT2D eigenvalue weighted by molar-refractivity contribution is 6.30. The molecular weight excluding hydrogens is 182 g/mol. The van der Waals surface area contributed by atoms with Crippen LogP contribution < -0.4 is 0 Å². The number of hydrogen-bond acceptors (Lipinski definition) is 1. The molecule has 0 aliphatic rings. The summed E-state index contributed by atoms with van der Waals surface area (Å²) in [6.07, 6.45) is 2.40. The Hall–Kier alpha value is -1.26. The van der Waals surface area contributed by atoms with E-state index in [1.54, 1.807) is 6.08 Å². The van der Waals surface area contributed by atoms with Crippen molar-refractivity contribution in [2.75, 3.05) is 0 Å². The standard InChI is InChI=1S/C11H10ClN/c1-2-9(6-7-13)10-4-3-5-11(12)8-10/h3-6,8H,2H2,1H3. The van der Waals surface area contributed by atoms with Crippen molar-refractivity contribution in [3.8, 4) is 6.07 Å². The molecule has 0 saturated heterocycles. The summed E-state index contributed by atoms with van der Waals surface area (Å²) in [7, 11) is 0. The number of halogens is 1. The van der Waals surface area contributed by atoms with E-state index in [-0.39, 0.29) is 0 Å². The van der Waals surface area contributed by atoms with Gasteiger partial charge in [0.2, 0.25) is 0 Å². The van der Waals surface area contributed by atoms with Crippen LogP contribution in [-0.4, -0.2) is 0 Å². The van der Waals surface area contributed by atoms with Crippen LogP contribution in [0.2, 0.25) is 5.02 Å². The molecule has 0 amide bonds. The molecule has 0 radical (unpaired) electrons. The zero-order valence-electron chi connectivity index (χ0n) is 7.42. The van der Waals surface area contributed by atoms with E-state index in [0.29, 0.717) is 5.02 Å². The predicted octanol–water partition coefficient (Wildman–Crippen LogP) is 3.66. The van der Waals surface area contributed by atoms with Crippen molar-refractivity contribution in [2.45, 2.75) is 13.3 Å². The second-order valence-electron chi connectivity index (χ2n) is 2.66. The van der Waals surface area contributed by atoms with Gasteiger partial charge >= 0.3 is 0 Å². The Balaban J connectivity index is 3.07. The maximum absolute atomic E-state index is 8.54. The lowest BCUT2D eigenvalue weighted by molar-refractivity contribution is 1.24. The molecule has 2 heteroatoms. The first-order valence-corrected chi connectivity index (χ1v) is 4.50. The predicted molar refractivity (Wildman–Crippen MR) is 55.3 cm³/mol. The molecular formula is C11H10ClN. The third-order valence-corrected chi connectivity index (χ3v) is 2.05. The Morgan fingerprint density at radius 2 is 2.38 bits per heavy atom. The zero-order chi connectivity index (χ0) is 9.68. The van der Waals surface area contributed by atoms with E-state index in [9.17, 15) is 0 Å². The maximum atomic E-state index is 8.54. The Morgan fingerprint density at radius 3 is 2.92 bits per heavy atom. The molecule has 66 valence electrons. The van der Waals surface area contributed by atoms with Gasteiger partial charge in [-0.25, -0.2) is 0 Å². The van der Waals surface area contributed by atoms with Crippen molar-refractivity contribution in [1.29, 1.82) is 5.26 Å². The van der Waals surface area contributed by atoms with Crippen LogP contribution in [0.4, 0.5) is 0 Å². The fourth-order valence-electron chi connectivity index (χ4n) is 1.16. The van der Waals surface area contributed by atoms with E-state index in [1.165, 1.54) is 0 Å². The first-order valence-electron chi connectivity index (χ1n) is 4.12. The monoisotopic (exact) mass is 191 g/mol. The summed E-state index contributed by atoms with van der Waals surface area (Å²) in [6, 6.07) is 9.57. The lowest BCUT2D eigenvalue weighted by Crippen LogP contribution is -1.81. The molecule has 0 aliphatic heterocycles. The zero-order valence-corrected chi connectivity index (χ0v) is 8.17. The Kier molecular flexibility index (Phi) is 3.54. The molecule has 0 aromatic heterocycles. The van der Waals surface area contributed by atoms with Gasteiger partial charge in [-0.05, 0) is 29.7 Å². The highest BCUT2D eigenvalue weighted by Gasteiger charge is 1.98. The van der Waals surface area contributed by atoms with Crippen LogP contribution >= 0.6 is 11.6 Å². The van der Waals surface area contributed by atoms with E-state index in [0.717, 1.165) is 17.6 Å². The minimum absolute atomic E-state index is 0.704. The van der Waals surface area contributed by atoms with Gasteiger partial charge < -0.3 is 0 Å². The van der Waals surface area contributed by atoms with Crippen molar-refractivity contribution < 1.29 is 0 Å². The van der Waals surface area contributed by atoms with Gasteiger partial charge in [0.1, 0.15) is 0 Å². The smallest absolute Gasteiger partial charge is 0.0915 e. The Labute approximate surface area is 83.3 Å². The summed E-state index contributed by atoms with van der Waals surface area (Å²) >= 11 is 5.84. The third kappa shape index (κ3) is 2.61. The SMILES string of the molecule is CCC(=CC#N)c1cccc(Cl)c1. The van der Waals surface area contributed by atoms with Crippen molar-refractivity contribution >= 4 is 17.2 Å². The van der Waals surface area contributed by atoms with Crippen LogP contribution in [0.3, 0.4) is 0 Å².